The van der Waals surface area contributed by atoms with Gasteiger partial charge in [0.15, 0.2) is 0 Å². The van der Waals surface area contributed by atoms with E-state index in [2.05, 4.69) is 10.6 Å². The van der Waals surface area contributed by atoms with Crippen LogP contribution in [-0.4, -0.2) is 54.2 Å². The minimum Gasteiger partial charge on any atom is -0.480 e. The van der Waals surface area contributed by atoms with E-state index in [1.54, 1.807) is 4.90 Å². The summed E-state index contributed by atoms with van der Waals surface area (Å²) in [6, 6.07) is -0.0360. The molecule has 0 aromatic carbocycles. The summed E-state index contributed by atoms with van der Waals surface area (Å²) >= 11 is 0. The molecule has 0 saturated carbocycles. The summed E-state index contributed by atoms with van der Waals surface area (Å²) in [5.41, 5.74) is 0. The molecule has 17 heavy (non-hydrogen) atoms. The summed E-state index contributed by atoms with van der Waals surface area (Å²) in [6.45, 7) is 4.20. The molecule has 6 nitrogen and oxygen atoms in total. The fourth-order valence-corrected chi connectivity index (χ4v) is 2.06. The average molecular weight is 243 g/mol. The molecule has 98 valence electrons. The van der Waals surface area contributed by atoms with Crippen molar-refractivity contribution in [3.8, 4) is 0 Å². The molecule has 0 aliphatic carbocycles. The van der Waals surface area contributed by atoms with Gasteiger partial charge in [-0.1, -0.05) is 6.92 Å². The van der Waals surface area contributed by atoms with E-state index in [-0.39, 0.29) is 18.6 Å². The number of rotatable bonds is 5. The molecular formula is C11H21N3O3. The van der Waals surface area contributed by atoms with Gasteiger partial charge in [-0.25, -0.2) is 4.79 Å². The lowest BCUT2D eigenvalue weighted by atomic mass is 10.0. The Morgan fingerprint density at radius 2 is 2.06 bits per heavy atom. The Kier molecular flexibility index (Phi) is 5.76. The van der Waals surface area contributed by atoms with Crippen molar-refractivity contribution in [3.63, 3.8) is 0 Å². The molecule has 3 N–H and O–H groups in total. The van der Waals surface area contributed by atoms with Crippen LogP contribution >= 0.6 is 0 Å². The van der Waals surface area contributed by atoms with Gasteiger partial charge in [0.05, 0.1) is 0 Å². The lowest BCUT2D eigenvalue weighted by molar-refractivity contribution is -0.135. The summed E-state index contributed by atoms with van der Waals surface area (Å²) < 4.78 is 0. The van der Waals surface area contributed by atoms with Crippen molar-refractivity contribution >= 4 is 12.0 Å². The number of carbonyl (C=O) groups excluding carboxylic acids is 1. The lowest BCUT2D eigenvalue weighted by Gasteiger charge is -2.34. The third-order valence-corrected chi connectivity index (χ3v) is 2.87. The lowest BCUT2D eigenvalue weighted by Crippen LogP contribution is -2.51. The number of urea groups is 1. The first-order valence-electron chi connectivity index (χ1n) is 6.12. The van der Waals surface area contributed by atoms with Crippen molar-refractivity contribution in [2.45, 2.75) is 32.2 Å². The number of nitrogens with one attached hydrogen (secondary N) is 2. The Labute approximate surface area is 101 Å². The van der Waals surface area contributed by atoms with Gasteiger partial charge in [0, 0.05) is 12.6 Å². The zero-order chi connectivity index (χ0) is 12.7. The van der Waals surface area contributed by atoms with Crippen LogP contribution in [0, 0.1) is 0 Å². The summed E-state index contributed by atoms with van der Waals surface area (Å²) in [4.78, 5) is 24.1. The summed E-state index contributed by atoms with van der Waals surface area (Å²) in [5, 5.41) is 14.2. The highest BCUT2D eigenvalue weighted by Gasteiger charge is 2.24. The van der Waals surface area contributed by atoms with Crippen molar-refractivity contribution < 1.29 is 14.7 Å². The van der Waals surface area contributed by atoms with Crippen LogP contribution in [0.3, 0.4) is 0 Å². The Balaban J connectivity index is 2.50. The van der Waals surface area contributed by atoms with Gasteiger partial charge in [-0.2, -0.15) is 0 Å². The average Bonchev–Trinajstić information content (AvgIpc) is 2.34. The summed E-state index contributed by atoms with van der Waals surface area (Å²) in [5.74, 6) is -1.01. The highest BCUT2D eigenvalue weighted by molar-refractivity contribution is 5.80. The van der Waals surface area contributed by atoms with E-state index >= 15 is 0 Å². The molecule has 6 heteroatoms. The number of nitrogens with zero attached hydrogens (tertiary/aromatic N) is 1. The van der Waals surface area contributed by atoms with E-state index in [1.807, 2.05) is 6.92 Å². The highest BCUT2D eigenvalue weighted by atomic mass is 16.4. The molecule has 1 rings (SSSR count). The fourth-order valence-electron chi connectivity index (χ4n) is 2.06. The first-order chi connectivity index (χ1) is 8.15. The Morgan fingerprint density at radius 3 is 2.59 bits per heavy atom. The first-order valence-corrected chi connectivity index (χ1v) is 6.12. The third-order valence-electron chi connectivity index (χ3n) is 2.87. The fraction of sp³-hybridized carbons (Fsp3) is 0.818. The number of amides is 2. The molecule has 0 bridgehead atoms. The van der Waals surface area contributed by atoms with Crippen LogP contribution in [0.25, 0.3) is 0 Å². The van der Waals surface area contributed by atoms with Crippen molar-refractivity contribution in [1.29, 1.82) is 0 Å². The number of hydrogen-bond acceptors (Lipinski definition) is 3. The maximum Gasteiger partial charge on any atom is 0.323 e. The third kappa shape index (κ3) is 4.60. The quantitative estimate of drug-likeness (QED) is 0.646. The van der Waals surface area contributed by atoms with Crippen molar-refractivity contribution in [3.05, 3.63) is 0 Å². The van der Waals surface area contributed by atoms with Gasteiger partial charge in [0.1, 0.15) is 6.54 Å². The minimum atomic E-state index is -1.01. The largest absolute Gasteiger partial charge is 0.480 e. The second-order valence-electron chi connectivity index (χ2n) is 4.23. The van der Waals surface area contributed by atoms with Gasteiger partial charge in [-0.05, 0) is 32.4 Å². The number of hydrogen-bond donors (Lipinski definition) is 3. The number of aliphatic carboxylic acids is 1. The standard InChI is InChI=1S/C11H21N3O3/c1-2-7-14(9-3-5-12-6-4-9)11(17)13-8-10(15)16/h9,12H,2-8H2,1H3,(H,13,17)(H,15,16). The summed E-state index contributed by atoms with van der Waals surface area (Å²) in [7, 11) is 0. The smallest absolute Gasteiger partial charge is 0.323 e. The number of carbonyl (C=O) groups is 2. The van der Waals surface area contributed by atoms with Gasteiger partial charge < -0.3 is 20.6 Å². The predicted octanol–water partition coefficient (Wildman–Crippen LogP) is 0.245. The Hall–Kier alpha value is -1.30. The molecule has 2 amide bonds. The maximum atomic E-state index is 11.9. The molecule has 0 aromatic rings. The summed E-state index contributed by atoms with van der Waals surface area (Å²) in [6.07, 6.45) is 2.74. The molecule has 0 spiro atoms. The molecule has 0 aromatic heterocycles. The van der Waals surface area contributed by atoms with Gasteiger partial charge in [0.2, 0.25) is 0 Å². The van der Waals surface area contributed by atoms with Crippen LogP contribution in [0.4, 0.5) is 4.79 Å². The topological polar surface area (TPSA) is 81.7 Å². The molecule has 1 fully saturated rings. The van der Waals surface area contributed by atoms with Crippen molar-refractivity contribution in [2.24, 2.45) is 0 Å². The van der Waals surface area contributed by atoms with Gasteiger partial charge in [-0.3, -0.25) is 4.79 Å². The number of piperidine rings is 1. The monoisotopic (exact) mass is 243 g/mol. The van der Waals surface area contributed by atoms with Crippen LogP contribution in [0.15, 0.2) is 0 Å². The molecule has 0 unspecified atom stereocenters. The predicted molar refractivity (Wildman–Crippen MR) is 63.9 cm³/mol. The van der Waals surface area contributed by atoms with Crippen LogP contribution in [0.1, 0.15) is 26.2 Å². The zero-order valence-corrected chi connectivity index (χ0v) is 10.2. The zero-order valence-electron chi connectivity index (χ0n) is 10.2. The van der Waals surface area contributed by atoms with E-state index in [1.165, 1.54) is 0 Å². The Morgan fingerprint density at radius 1 is 1.41 bits per heavy atom. The molecule has 1 aliphatic heterocycles. The van der Waals surface area contributed by atoms with Crippen molar-refractivity contribution in [2.75, 3.05) is 26.2 Å². The molecule has 0 atom stereocenters. The van der Waals surface area contributed by atoms with Gasteiger partial charge in [0.25, 0.3) is 0 Å². The van der Waals surface area contributed by atoms with Crippen LogP contribution in [0.2, 0.25) is 0 Å². The van der Waals surface area contributed by atoms with E-state index in [0.717, 1.165) is 32.4 Å². The van der Waals surface area contributed by atoms with Crippen LogP contribution < -0.4 is 10.6 Å². The molecular weight excluding hydrogens is 222 g/mol. The maximum absolute atomic E-state index is 11.9. The second kappa shape index (κ2) is 7.11. The van der Waals surface area contributed by atoms with E-state index in [9.17, 15) is 9.59 Å². The van der Waals surface area contributed by atoms with Gasteiger partial charge in [-0.15, -0.1) is 0 Å². The van der Waals surface area contributed by atoms with Crippen molar-refractivity contribution in [1.82, 2.24) is 15.5 Å². The van der Waals surface area contributed by atoms with Gasteiger partial charge >= 0.3 is 12.0 Å². The number of carboxylic acids is 1. The first kappa shape index (κ1) is 13.8. The SMILES string of the molecule is CCCN(C(=O)NCC(=O)O)C1CCNCC1. The Bertz CT molecular complexity index is 265. The van der Waals surface area contributed by atoms with E-state index in [0.29, 0.717) is 6.54 Å². The van der Waals surface area contributed by atoms with Crippen LogP contribution in [-0.2, 0) is 4.79 Å². The second-order valence-corrected chi connectivity index (χ2v) is 4.23. The molecule has 1 heterocycles. The molecule has 0 radical (unpaired) electrons. The van der Waals surface area contributed by atoms with Crippen LogP contribution in [0.5, 0.6) is 0 Å². The minimum absolute atomic E-state index is 0.227. The van der Waals surface area contributed by atoms with E-state index in [4.69, 9.17) is 5.11 Å². The highest BCUT2D eigenvalue weighted by Crippen LogP contribution is 2.12. The molecule has 1 aliphatic rings. The number of carboxylic acid groups (broad SMARTS) is 1. The molecule has 1 saturated heterocycles. The van der Waals surface area contributed by atoms with E-state index < -0.39 is 5.97 Å². The normalized spacial score (nSPS) is 16.5.